The van der Waals surface area contributed by atoms with E-state index in [2.05, 4.69) is 64.1 Å². The van der Waals surface area contributed by atoms with Gasteiger partial charge in [0.15, 0.2) is 0 Å². The van der Waals surface area contributed by atoms with Gasteiger partial charge in [-0.15, -0.1) is 11.3 Å². The molecule has 1 heterocycles. The fourth-order valence-corrected chi connectivity index (χ4v) is 2.99. The molecule has 0 aliphatic heterocycles. The molecule has 0 aliphatic rings. The number of rotatable bonds is 6. The quantitative estimate of drug-likeness (QED) is 0.836. The molecular weight excluding hydrogens is 228 g/mol. The van der Waals surface area contributed by atoms with E-state index in [9.17, 15) is 0 Å². The predicted molar refractivity (Wildman–Crippen MR) is 77.9 cm³/mol. The van der Waals surface area contributed by atoms with E-state index < -0.39 is 0 Å². The Bertz CT molecular complexity index is 342. The predicted octanol–water partition coefficient (Wildman–Crippen LogP) is 3.44. The topological polar surface area (TPSA) is 15.3 Å². The highest BCUT2D eigenvalue weighted by Crippen LogP contribution is 2.33. The first-order valence-corrected chi connectivity index (χ1v) is 7.18. The standard InChI is InChI=1S/C14H26N2S/c1-7-10-15-13(14(3,4)16(5)6)12-9-8-11(2)17-12/h8-9,13,15H,7,10H2,1-6H3. The molecule has 1 unspecified atom stereocenters. The van der Waals surface area contributed by atoms with E-state index in [0.29, 0.717) is 6.04 Å². The monoisotopic (exact) mass is 254 g/mol. The van der Waals surface area contributed by atoms with Crippen LogP contribution in [-0.2, 0) is 0 Å². The van der Waals surface area contributed by atoms with Gasteiger partial charge in [-0.2, -0.15) is 0 Å². The van der Waals surface area contributed by atoms with Gasteiger partial charge >= 0.3 is 0 Å². The van der Waals surface area contributed by atoms with Crippen molar-refractivity contribution < 1.29 is 0 Å². The highest BCUT2D eigenvalue weighted by molar-refractivity contribution is 7.12. The van der Waals surface area contributed by atoms with Crippen molar-refractivity contribution in [3.63, 3.8) is 0 Å². The number of hydrogen-bond acceptors (Lipinski definition) is 3. The molecule has 98 valence electrons. The average Bonchev–Trinajstić information content (AvgIpc) is 2.65. The van der Waals surface area contributed by atoms with Crippen molar-refractivity contribution in [2.24, 2.45) is 0 Å². The van der Waals surface area contributed by atoms with E-state index in [-0.39, 0.29) is 5.54 Å². The maximum atomic E-state index is 3.69. The first-order chi connectivity index (χ1) is 7.89. The van der Waals surface area contributed by atoms with Crippen LogP contribution >= 0.6 is 11.3 Å². The Kier molecular flexibility index (Phi) is 5.17. The Morgan fingerprint density at radius 3 is 2.41 bits per heavy atom. The molecule has 1 rings (SSSR count). The molecular formula is C14H26N2S. The van der Waals surface area contributed by atoms with Gasteiger partial charge in [-0.3, -0.25) is 0 Å². The molecule has 1 aromatic rings. The molecule has 0 aliphatic carbocycles. The van der Waals surface area contributed by atoms with Gasteiger partial charge < -0.3 is 10.2 Å². The van der Waals surface area contributed by atoms with Crippen LogP contribution in [0.1, 0.15) is 43.0 Å². The molecule has 0 radical (unpaired) electrons. The summed E-state index contributed by atoms with van der Waals surface area (Å²) in [5, 5.41) is 3.69. The van der Waals surface area contributed by atoms with Crippen molar-refractivity contribution in [3.05, 3.63) is 21.9 Å². The summed E-state index contributed by atoms with van der Waals surface area (Å²) in [6.07, 6.45) is 1.17. The first kappa shape index (κ1) is 14.7. The highest BCUT2D eigenvalue weighted by atomic mass is 32.1. The van der Waals surface area contributed by atoms with Crippen LogP contribution in [0.25, 0.3) is 0 Å². The van der Waals surface area contributed by atoms with E-state index >= 15 is 0 Å². The van der Waals surface area contributed by atoms with Crippen LogP contribution in [0, 0.1) is 6.92 Å². The normalized spacial score (nSPS) is 14.3. The molecule has 0 aromatic carbocycles. The van der Waals surface area contributed by atoms with E-state index in [1.165, 1.54) is 16.2 Å². The lowest BCUT2D eigenvalue weighted by Gasteiger charge is -2.40. The van der Waals surface area contributed by atoms with Crippen LogP contribution in [0.15, 0.2) is 12.1 Å². The van der Waals surface area contributed by atoms with Gasteiger partial charge in [0.05, 0.1) is 6.04 Å². The number of thiophene rings is 1. The Morgan fingerprint density at radius 2 is 2.00 bits per heavy atom. The van der Waals surface area contributed by atoms with Crippen molar-refractivity contribution >= 4 is 11.3 Å². The molecule has 0 saturated carbocycles. The zero-order chi connectivity index (χ0) is 13.1. The summed E-state index contributed by atoms with van der Waals surface area (Å²) in [5.41, 5.74) is 0.118. The second kappa shape index (κ2) is 5.98. The summed E-state index contributed by atoms with van der Waals surface area (Å²) in [6, 6.07) is 4.88. The maximum absolute atomic E-state index is 3.69. The summed E-state index contributed by atoms with van der Waals surface area (Å²) in [4.78, 5) is 5.13. The second-order valence-electron chi connectivity index (χ2n) is 5.38. The number of nitrogens with zero attached hydrogens (tertiary/aromatic N) is 1. The number of nitrogens with one attached hydrogen (secondary N) is 1. The maximum Gasteiger partial charge on any atom is 0.0596 e. The molecule has 17 heavy (non-hydrogen) atoms. The van der Waals surface area contributed by atoms with Crippen LogP contribution in [-0.4, -0.2) is 31.1 Å². The van der Waals surface area contributed by atoms with Crippen molar-refractivity contribution in [2.45, 2.75) is 45.7 Å². The molecule has 0 saturated heterocycles. The molecule has 0 spiro atoms. The molecule has 1 atom stereocenters. The fraction of sp³-hybridized carbons (Fsp3) is 0.714. The Labute approximate surface area is 110 Å². The summed E-state index contributed by atoms with van der Waals surface area (Å²) in [7, 11) is 4.31. The van der Waals surface area contributed by atoms with E-state index in [1.54, 1.807) is 0 Å². The minimum atomic E-state index is 0.118. The third-order valence-corrected chi connectivity index (χ3v) is 4.57. The smallest absolute Gasteiger partial charge is 0.0596 e. The molecule has 2 nitrogen and oxygen atoms in total. The number of hydrogen-bond donors (Lipinski definition) is 1. The van der Waals surface area contributed by atoms with Gasteiger partial charge in [-0.05, 0) is 60.0 Å². The van der Waals surface area contributed by atoms with E-state index in [0.717, 1.165) is 6.54 Å². The van der Waals surface area contributed by atoms with Crippen LogP contribution in [0.4, 0.5) is 0 Å². The van der Waals surface area contributed by atoms with Crippen molar-refractivity contribution in [1.29, 1.82) is 0 Å². The zero-order valence-corrected chi connectivity index (χ0v) is 12.8. The van der Waals surface area contributed by atoms with Gasteiger partial charge in [0.1, 0.15) is 0 Å². The summed E-state index contributed by atoms with van der Waals surface area (Å²) in [6.45, 7) is 10.1. The largest absolute Gasteiger partial charge is 0.308 e. The molecule has 0 amide bonds. The molecule has 1 N–H and O–H groups in total. The van der Waals surface area contributed by atoms with Crippen LogP contribution < -0.4 is 5.32 Å². The van der Waals surface area contributed by atoms with Gasteiger partial charge in [0, 0.05) is 15.3 Å². The second-order valence-corrected chi connectivity index (χ2v) is 6.70. The third kappa shape index (κ3) is 3.54. The van der Waals surface area contributed by atoms with Gasteiger partial charge in [-0.1, -0.05) is 6.92 Å². The van der Waals surface area contributed by atoms with Crippen LogP contribution in [0.5, 0.6) is 0 Å². The van der Waals surface area contributed by atoms with Crippen molar-refractivity contribution in [1.82, 2.24) is 10.2 Å². The molecule has 0 bridgehead atoms. The van der Waals surface area contributed by atoms with E-state index in [4.69, 9.17) is 0 Å². The lowest BCUT2D eigenvalue weighted by molar-refractivity contribution is 0.140. The molecule has 3 heteroatoms. The SMILES string of the molecule is CCCNC(c1ccc(C)s1)C(C)(C)N(C)C. The first-order valence-electron chi connectivity index (χ1n) is 6.36. The number of aryl methyl sites for hydroxylation is 1. The Hall–Kier alpha value is -0.380. The van der Waals surface area contributed by atoms with Crippen LogP contribution in [0.3, 0.4) is 0 Å². The minimum absolute atomic E-state index is 0.118. The summed E-state index contributed by atoms with van der Waals surface area (Å²) >= 11 is 1.90. The summed E-state index contributed by atoms with van der Waals surface area (Å²) in [5.74, 6) is 0. The van der Waals surface area contributed by atoms with Crippen molar-refractivity contribution in [3.8, 4) is 0 Å². The van der Waals surface area contributed by atoms with Gasteiger partial charge in [0.25, 0.3) is 0 Å². The van der Waals surface area contributed by atoms with E-state index in [1.807, 2.05) is 11.3 Å². The molecule has 1 aromatic heterocycles. The molecule has 0 fully saturated rings. The average molecular weight is 254 g/mol. The Balaban J connectivity index is 2.95. The zero-order valence-electron chi connectivity index (χ0n) is 12.0. The lowest BCUT2D eigenvalue weighted by Crippen LogP contribution is -2.49. The van der Waals surface area contributed by atoms with Crippen LogP contribution in [0.2, 0.25) is 0 Å². The van der Waals surface area contributed by atoms with Gasteiger partial charge in [-0.25, -0.2) is 0 Å². The highest BCUT2D eigenvalue weighted by Gasteiger charge is 2.33. The minimum Gasteiger partial charge on any atom is -0.308 e. The lowest BCUT2D eigenvalue weighted by atomic mass is 9.91. The summed E-state index contributed by atoms with van der Waals surface area (Å²) < 4.78 is 0. The Morgan fingerprint density at radius 1 is 1.35 bits per heavy atom. The third-order valence-electron chi connectivity index (χ3n) is 3.50. The van der Waals surface area contributed by atoms with Crippen molar-refractivity contribution in [2.75, 3.05) is 20.6 Å². The van der Waals surface area contributed by atoms with Gasteiger partial charge in [0.2, 0.25) is 0 Å². The number of likely N-dealkylation sites (N-methyl/N-ethyl adjacent to an activating group) is 1. The fourth-order valence-electron chi connectivity index (χ4n) is 1.85.